The second-order valence-corrected chi connectivity index (χ2v) is 9.36. The van der Waals surface area contributed by atoms with Gasteiger partial charge >= 0.3 is 0 Å². The molecule has 1 aliphatic carbocycles. The predicted molar refractivity (Wildman–Crippen MR) is 109 cm³/mol. The predicted octanol–water partition coefficient (Wildman–Crippen LogP) is 1.99. The Kier molecular flexibility index (Phi) is 3.73. The van der Waals surface area contributed by atoms with Crippen LogP contribution in [0.1, 0.15) is 51.8 Å². The van der Waals surface area contributed by atoms with Crippen LogP contribution in [0.5, 0.6) is 0 Å². The lowest BCUT2D eigenvalue weighted by molar-refractivity contribution is 0.331. The molecule has 0 amide bonds. The van der Waals surface area contributed by atoms with Crippen LogP contribution in [-0.2, 0) is 10.0 Å². The van der Waals surface area contributed by atoms with Gasteiger partial charge in [-0.1, -0.05) is 13.3 Å². The third-order valence-electron chi connectivity index (χ3n) is 5.39. The van der Waals surface area contributed by atoms with Gasteiger partial charge in [-0.2, -0.15) is 4.98 Å². The van der Waals surface area contributed by atoms with Gasteiger partial charge in [0.1, 0.15) is 5.65 Å². The molecule has 2 aliphatic rings. The van der Waals surface area contributed by atoms with Crippen molar-refractivity contribution in [2.45, 2.75) is 51.0 Å². The first-order chi connectivity index (χ1) is 15.2. The fourth-order valence-electron chi connectivity index (χ4n) is 3.82. The number of aromatic nitrogens is 3. The van der Waals surface area contributed by atoms with Crippen molar-refractivity contribution in [3.8, 4) is 0 Å². The number of anilines is 1. The molecule has 28 heavy (non-hydrogen) atoms. The van der Waals surface area contributed by atoms with Crippen LogP contribution in [0.15, 0.2) is 23.1 Å². The first kappa shape index (κ1) is 14.1. The highest BCUT2D eigenvalue weighted by molar-refractivity contribution is 7.88. The van der Waals surface area contributed by atoms with Gasteiger partial charge < -0.3 is 5.32 Å². The number of nitrogens with one attached hydrogen (secondary N) is 1. The first-order valence-corrected chi connectivity index (χ1v) is 11.1. The number of hydrogen-bond donors (Lipinski definition) is 1. The maximum atomic E-state index is 12.7. The Morgan fingerprint density at radius 1 is 1.29 bits per heavy atom. The van der Waals surface area contributed by atoms with E-state index in [-0.39, 0.29) is 23.5 Å². The summed E-state index contributed by atoms with van der Waals surface area (Å²) in [7, 11) is -3.87. The number of pyridine rings is 1. The Hall–Kier alpha value is -2.00. The van der Waals surface area contributed by atoms with E-state index in [2.05, 4.69) is 22.2 Å². The van der Waals surface area contributed by atoms with Gasteiger partial charge in [0.05, 0.1) is 7.63 Å². The molecule has 8 nitrogen and oxygen atoms in total. The molecular weight excluding hydrogens is 378 g/mol. The minimum atomic E-state index is -3.87. The summed E-state index contributed by atoms with van der Waals surface area (Å²) in [4.78, 5) is 21.3. The largest absolute Gasteiger partial charge is 0.351 e. The van der Waals surface area contributed by atoms with E-state index in [9.17, 15) is 13.2 Å². The molecule has 2 aromatic rings. The standard InChI is InChI=1S/C19H27N5O3S/c1-13-4-3-5-16(13)24-17(25)7-6-14-12-20-19(22-18(14)24)21-15-8-10-23(11-9-15)28(2,26)27/h6-7,12-13,15-16H,3-5,8-11H2,1-2H3,(H,20,21,22)/t13-,16+/m0/s1/i8D2,9D2,15D. The van der Waals surface area contributed by atoms with Gasteiger partial charge in [0.2, 0.25) is 16.0 Å². The molecule has 9 heteroatoms. The van der Waals surface area contributed by atoms with Crippen LogP contribution in [0, 0.1) is 5.92 Å². The fraction of sp³-hybridized carbons (Fsp3) is 0.632. The highest BCUT2D eigenvalue weighted by atomic mass is 32.2. The summed E-state index contributed by atoms with van der Waals surface area (Å²) in [6.45, 7) is 0.681. The zero-order chi connectivity index (χ0) is 24.4. The third kappa shape index (κ3) is 3.77. The second kappa shape index (κ2) is 7.44. The molecule has 1 aliphatic heterocycles. The Labute approximate surface area is 172 Å². The van der Waals surface area contributed by atoms with Crippen molar-refractivity contribution in [2.75, 3.05) is 24.7 Å². The number of sulfonamides is 1. The van der Waals surface area contributed by atoms with Crippen molar-refractivity contribution in [1.82, 2.24) is 18.8 Å². The van der Waals surface area contributed by atoms with Crippen molar-refractivity contribution in [1.29, 1.82) is 0 Å². The van der Waals surface area contributed by atoms with E-state index >= 15 is 0 Å². The normalized spacial score (nSPS) is 32.0. The molecule has 2 atom stereocenters. The summed E-state index contributed by atoms with van der Waals surface area (Å²) in [6, 6.07) is 0.408. The highest BCUT2D eigenvalue weighted by Gasteiger charge is 2.28. The van der Waals surface area contributed by atoms with E-state index in [1.807, 2.05) is 0 Å². The van der Waals surface area contributed by atoms with Crippen molar-refractivity contribution < 1.29 is 15.3 Å². The number of fused-ring (bicyclic) bond motifs is 1. The Balaban J connectivity index is 1.78. The molecule has 2 fully saturated rings. The third-order valence-corrected chi connectivity index (χ3v) is 6.58. The second-order valence-electron chi connectivity index (χ2n) is 7.37. The van der Waals surface area contributed by atoms with Crippen LogP contribution in [0.25, 0.3) is 11.0 Å². The molecule has 1 saturated heterocycles. The van der Waals surface area contributed by atoms with Crippen LogP contribution in [0.4, 0.5) is 5.95 Å². The minimum Gasteiger partial charge on any atom is -0.351 e. The molecule has 0 spiro atoms. The average molecular weight is 411 g/mol. The highest BCUT2D eigenvalue weighted by Crippen LogP contribution is 2.35. The van der Waals surface area contributed by atoms with E-state index in [1.165, 1.54) is 12.3 Å². The van der Waals surface area contributed by atoms with E-state index in [0.717, 1.165) is 25.5 Å². The van der Waals surface area contributed by atoms with Crippen LogP contribution in [-0.4, -0.2) is 52.6 Å². The van der Waals surface area contributed by atoms with E-state index in [0.29, 0.717) is 15.3 Å². The van der Waals surface area contributed by atoms with E-state index < -0.39 is 41.9 Å². The lowest BCUT2D eigenvalue weighted by atomic mass is 10.1. The molecule has 2 aromatic heterocycles. The molecular formula is C19H27N5O3S. The molecule has 0 aromatic carbocycles. The maximum Gasteiger partial charge on any atom is 0.252 e. The van der Waals surface area contributed by atoms with Gasteiger partial charge in [0, 0.05) is 48.3 Å². The summed E-state index contributed by atoms with van der Waals surface area (Å²) in [5, 5.41) is 3.10. The van der Waals surface area contributed by atoms with Crippen LogP contribution < -0.4 is 10.9 Å². The minimum absolute atomic E-state index is 0.0511. The van der Waals surface area contributed by atoms with Crippen molar-refractivity contribution in [3.63, 3.8) is 0 Å². The zero-order valence-electron chi connectivity index (χ0n) is 20.8. The zero-order valence-corrected chi connectivity index (χ0v) is 16.7. The quantitative estimate of drug-likeness (QED) is 0.828. The Morgan fingerprint density at radius 2 is 2.04 bits per heavy atom. The summed E-state index contributed by atoms with van der Waals surface area (Å²) < 4.78 is 68.4. The van der Waals surface area contributed by atoms with Crippen molar-refractivity contribution in [2.24, 2.45) is 5.92 Å². The van der Waals surface area contributed by atoms with E-state index in [1.54, 1.807) is 10.6 Å². The van der Waals surface area contributed by atoms with Gasteiger partial charge in [0.25, 0.3) is 5.56 Å². The lowest BCUT2D eigenvalue weighted by Gasteiger charge is -2.30. The molecule has 152 valence electrons. The lowest BCUT2D eigenvalue weighted by Crippen LogP contribution is -2.42. The molecule has 1 saturated carbocycles. The van der Waals surface area contributed by atoms with Crippen LogP contribution >= 0.6 is 0 Å². The van der Waals surface area contributed by atoms with Crippen LogP contribution in [0.3, 0.4) is 0 Å². The smallest absolute Gasteiger partial charge is 0.252 e. The molecule has 0 bridgehead atoms. The van der Waals surface area contributed by atoms with E-state index in [4.69, 9.17) is 6.85 Å². The maximum absolute atomic E-state index is 12.7. The SMILES string of the molecule is [2H]C1([2H])CN(S(C)(=O)=O)CC([2H])([2H])C1([2H])Nc1ncc2ccc(=O)n([C@@H]3CCC[C@@H]3C)c2n1. The molecule has 3 heterocycles. The Bertz CT molecular complexity index is 1230. The topological polar surface area (TPSA) is 97.2 Å². The molecule has 1 N–H and O–H groups in total. The average Bonchev–Trinajstić information content (AvgIpc) is 3.10. The van der Waals surface area contributed by atoms with Gasteiger partial charge in [-0.25, -0.2) is 17.7 Å². The number of nitrogens with zero attached hydrogens (tertiary/aromatic N) is 4. The number of hydrogen-bond acceptors (Lipinski definition) is 6. The van der Waals surface area contributed by atoms with Crippen molar-refractivity contribution >= 4 is 27.0 Å². The fourth-order valence-corrected chi connectivity index (χ4v) is 4.41. The van der Waals surface area contributed by atoms with Crippen molar-refractivity contribution in [3.05, 3.63) is 28.7 Å². The summed E-state index contributed by atoms with van der Waals surface area (Å²) in [6.07, 6.45) is -0.130. The summed E-state index contributed by atoms with van der Waals surface area (Å²) >= 11 is 0. The monoisotopic (exact) mass is 410 g/mol. The Morgan fingerprint density at radius 3 is 2.68 bits per heavy atom. The van der Waals surface area contributed by atoms with Crippen LogP contribution in [0.2, 0.25) is 0 Å². The number of piperidine rings is 1. The molecule has 4 rings (SSSR count). The van der Waals surface area contributed by atoms with Gasteiger partial charge in [-0.15, -0.1) is 0 Å². The summed E-state index contributed by atoms with van der Waals surface area (Å²) in [5.74, 6) is 0.0637. The molecule has 0 unspecified atom stereocenters. The van der Waals surface area contributed by atoms with Gasteiger partial charge in [0.15, 0.2) is 0 Å². The first-order valence-electron chi connectivity index (χ1n) is 11.8. The number of rotatable bonds is 4. The van der Waals surface area contributed by atoms with Gasteiger partial charge in [-0.3, -0.25) is 9.36 Å². The summed E-state index contributed by atoms with van der Waals surface area (Å²) in [5.41, 5.74) is 0.107. The molecule has 0 radical (unpaired) electrons. The van der Waals surface area contributed by atoms with Gasteiger partial charge in [-0.05, 0) is 37.6 Å².